The molecule has 0 heterocycles. The highest BCUT2D eigenvalue weighted by atomic mass is 16.4. The average Bonchev–Trinajstić information content (AvgIpc) is 2.76. The number of carboxylic acids is 2. The Labute approximate surface area is 196 Å². The van der Waals surface area contributed by atoms with Crippen molar-refractivity contribution in [2.45, 2.75) is 64.2 Å². The van der Waals surface area contributed by atoms with E-state index in [2.05, 4.69) is 16.0 Å². The van der Waals surface area contributed by atoms with Crippen LogP contribution in [0.4, 0.5) is 0 Å². The standard InChI is InChI=1S/C22H32N4O8/c1-4-11(2)18(22(33)34)26-19(30)12(3)24-21(32)16(9-13-5-7-14(27)8-6-13)25-20(31)15(23)10-17(28)29/h5-8,11-12,15-16,18,27H,4,9-10,23H2,1-3H3,(H,24,32)(H,25,31)(H,26,30)(H,28,29)(H,33,34). The van der Waals surface area contributed by atoms with Crippen LogP contribution < -0.4 is 21.7 Å². The van der Waals surface area contributed by atoms with Crippen molar-refractivity contribution >= 4 is 29.7 Å². The summed E-state index contributed by atoms with van der Waals surface area (Å²) >= 11 is 0. The van der Waals surface area contributed by atoms with Gasteiger partial charge in [-0.25, -0.2) is 4.79 Å². The number of amides is 3. The van der Waals surface area contributed by atoms with Crippen LogP contribution >= 0.6 is 0 Å². The maximum atomic E-state index is 12.9. The normalized spacial score (nSPS) is 15.2. The van der Waals surface area contributed by atoms with Gasteiger partial charge in [-0.05, 0) is 30.5 Å². The van der Waals surface area contributed by atoms with Gasteiger partial charge in [-0.1, -0.05) is 32.4 Å². The van der Waals surface area contributed by atoms with Gasteiger partial charge < -0.3 is 37.0 Å². The van der Waals surface area contributed by atoms with Crippen LogP contribution in [0.1, 0.15) is 39.2 Å². The molecule has 5 atom stereocenters. The minimum atomic E-state index is -1.40. The van der Waals surface area contributed by atoms with Crippen molar-refractivity contribution in [3.63, 3.8) is 0 Å². The Morgan fingerprint density at radius 3 is 2.00 bits per heavy atom. The van der Waals surface area contributed by atoms with E-state index in [4.69, 9.17) is 10.8 Å². The van der Waals surface area contributed by atoms with Crippen molar-refractivity contribution in [3.8, 4) is 5.75 Å². The zero-order valence-corrected chi connectivity index (χ0v) is 19.3. The molecule has 188 valence electrons. The second kappa shape index (κ2) is 13.1. The highest BCUT2D eigenvalue weighted by molar-refractivity contribution is 5.94. The first kappa shape index (κ1) is 28.4. The van der Waals surface area contributed by atoms with Crippen LogP contribution in [0.5, 0.6) is 5.75 Å². The number of carbonyl (C=O) groups excluding carboxylic acids is 3. The van der Waals surface area contributed by atoms with E-state index in [0.29, 0.717) is 12.0 Å². The summed E-state index contributed by atoms with van der Waals surface area (Å²) in [5, 5.41) is 34.8. The molecular formula is C22H32N4O8. The smallest absolute Gasteiger partial charge is 0.326 e. The molecule has 0 spiro atoms. The van der Waals surface area contributed by atoms with E-state index in [1.807, 2.05) is 0 Å². The van der Waals surface area contributed by atoms with Crippen LogP contribution in [0.3, 0.4) is 0 Å². The molecule has 12 nitrogen and oxygen atoms in total. The number of aliphatic carboxylic acids is 2. The fraction of sp³-hybridized carbons (Fsp3) is 0.500. The third-order valence-electron chi connectivity index (χ3n) is 5.27. The van der Waals surface area contributed by atoms with Crippen molar-refractivity contribution in [3.05, 3.63) is 29.8 Å². The second-order valence-electron chi connectivity index (χ2n) is 8.08. The molecule has 0 aliphatic carbocycles. The number of phenolic OH excluding ortho intramolecular Hbond substituents is 1. The number of nitrogens with two attached hydrogens (primary N) is 1. The molecule has 0 saturated carbocycles. The summed E-state index contributed by atoms with van der Waals surface area (Å²) in [7, 11) is 0. The molecule has 0 radical (unpaired) electrons. The van der Waals surface area contributed by atoms with Crippen molar-refractivity contribution in [1.29, 1.82) is 0 Å². The molecule has 0 bridgehead atoms. The van der Waals surface area contributed by atoms with Crippen LogP contribution in [-0.2, 0) is 30.4 Å². The first-order chi connectivity index (χ1) is 15.8. The van der Waals surface area contributed by atoms with E-state index in [0.717, 1.165) is 0 Å². The number of hydrogen-bond donors (Lipinski definition) is 7. The number of phenols is 1. The monoisotopic (exact) mass is 480 g/mol. The van der Waals surface area contributed by atoms with Gasteiger partial charge in [0.15, 0.2) is 0 Å². The summed E-state index contributed by atoms with van der Waals surface area (Å²) in [6.07, 6.45) is -0.184. The molecule has 12 heteroatoms. The second-order valence-corrected chi connectivity index (χ2v) is 8.08. The summed E-state index contributed by atoms with van der Waals surface area (Å²) in [6.45, 7) is 4.81. The van der Waals surface area contributed by atoms with E-state index in [9.17, 15) is 34.2 Å². The summed E-state index contributed by atoms with van der Waals surface area (Å²) < 4.78 is 0. The van der Waals surface area contributed by atoms with Gasteiger partial charge in [0, 0.05) is 6.42 Å². The van der Waals surface area contributed by atoms with Crippen molar-refractivity contribution in [1.82, 2.24) is 16.0 Å². The molecule has 0 aromatic heterocycles. The minimum Gasteiger partial charge on any atom is -0.508 e. The van der Waals surface area contributed by atoms with Gasteiger partial charge in [0.25, 0.3) is 0 Å². The number of carbonyl (C=O) groups is 5. The minimum absolute atomic E-state index is 0.00291. The van der Waals surface area contributed by atoms with E-state index in [-0.39, 0.29) is 18.1 Å². The Bertz CT molecular complexity index is 889. The average molecular weight is 481 g/mol. The van der Waals surface area contributed by atoms with Gasteiger partial charge in [0.1, 0.15) is 23.9 Å². The largest absolute Gasteiger partial charge is 0.508 e. The highest BCUT2D eigenvalue weighted by Gasteiger charge is 2.30. The van der Waals surface area contributed by atoms with Crippen LogP contribution in [0.15, 0.2) is 24.3 Å². The quantitative estimate of drug-likeness (QED) is 0.191. The van der Waals surface area contributed by atoms with E-state index in [1.54, 1.807) is 13.8 Å². The molecule has 0 saturated heterocycles. The number of aromatic hydroxyl groups is 1. The molecule has 1 aromatic carbocycles. The Morgan fingerprint density at radius 2 is 1.50 bits per heavy atom. The number of benzene rings is 1. The van der Waals surface area contributed by atoms with Crippen LogP contribution in [-0.4, -0.2) is 69.1 Å². The Kier molecular flexibility index (Phi) is 11.0. The van der Waals surface area contributed by atoms with E-state index >= 15 is 0 Å². The summed E-state index contributed by atoms with van der Waals surface area (Å²) in [6, 6.07) is 0.927. The molecule has 34 heavy (non-hydrogen) atoms. The van der Waals surface area contributed by atoms with Crippen LogP contribution in [0.2, 0.25) is 0 Å². The van der Waals surface area contributed by atoms with Gasteiger partial charge in [0.2, 0.25) is 17.7 Å². The van der Waals surface area contributed by atoms with Crippen molar-refractivity contribution in [2.75, 3.05) is 0 Å². The van der Waals surface area contributed by atoms with E-state index < -0.39 is 60.2 Å². The molecule has 1 rings (SSSR count). The molecule has 0 aliphatic rings. The number of nitrogens with one attached hydrogen (secondary N) is 3. The van der Waals surface area contributed by atoms with Gasteiger partial charge >= 0.3 is 11.9 Å². The molecule has 1 aromatic rings. The number of rotatable bonds is 13. The molecule has 0 fully saturated rings. The zero-order chi connectivity index (χ0) is 26.0. The molecule has 3 amide bonds. The summed E-state index contributed by atoms with van der Waals surface area (Å²) in [4.78, 5) is 60.0. The van der Waals surface area contributed by atoms with Crippen LogP contribution in [0.25, 0.3) is 0 Å². The van der Waals surface area contributed by atoms with Gasteiger partial charge in [-0.3, -0.25) is 19.2 Å². The zero-order valence-electron chi connectivity index (χ0n) is 19.3. The SMILES string of the molecule is CCC(C)C(NC(=O)C(C)NC(=O)C(Cc1ccc(O)cc1)NC(=O)C(N)CC(=O)O)C(=O)O. The van der Waals surface area contributed by atoms with Crippen LogP contribution in [0, 0.1) is 5.92 Å². The maximum absolute atomic E-state index is 12.9. The van der Waals surface area contributed by atoms with E-state index in [1.165, 1.54) is 31.2 Å². The Morgan fingerprint density at radius 1 is 0.912 bits per heavy atom. The first-order valence-electron chi connectivity index (χ1n) is 10.7. The van der Waals surface area contributed by atoms with Crippen molar-refractivity contribution in [2.24, 2.45) is 11.7 Å². The topological polar surface area (TPSA) is 208 Å². The van der Waals surface area contributed by atoms with Gasteiger partial charge in [-0.15, -0.1) is 0 Å². The Balaban J connectivity index is 2.97. The number of hydrogen-bond acceptors (Lipinski definition) is 7. The lowest BCUT2D eigenvalue weighted by Gasteiger charge is -2.25. The molecule has 8 N–H and O–H groups in total. The van der Waals surface area contributed by atoms with Crippen molar-refractivity contribution < 1.29 is 39.3 Å². The lowest BCUT2D eigenvalue weighted by atomic mass is 9.99. The Hall–Kier alpha value is -3.67. The predicted molar refractivity (Wildman–Crippen MR) is 121 cm³/mol. The summed E-state index contributed by atoms with van der Waals surface area (Å²) in [5.74, 6) is -5.20. The lowest BCUT2D eigenvalue weighted by molar-refractivity contribution is -0.143. The summed E-state index contributed by atoms with van der Waals surface area (Å²) in [5.41, 5.74) is 6.14. The number of carboxylic acid groups (broad SMARTS) is 2. The molecule has 0 aliphatic heterocycles. The van der Waals surface area contributed by atoms with Gasteiger partial charge in [-0.2, -0.15) is 0 Å². The fourth-order valence-electron chi connectivity index (χ4n) is 2.98. The highest BCUT2D eigenvalue weighted by Crippen LogP contribution is 2.12. The first-order valence-corrected chi connectivity index (χ1v) is 10.7. The molecule has 5 unspecified atom stereocenters. The maximum Gasteiger partial charge on any atom is 0.326 e. The lowest BCUT2D eigenvalue weighted by Crippen LogP contribution is -2.57. The third-order valence-corrected chi connectivity index (χ3v) is 5.27. The fourth-order valence-corrected chi connectivity index (χ4v) is 2.98. The predicted octanol–water partition coefficient (Wildman–Crippen LogP) is -0.658. The van der Waals surface area contributed by atoms with Gasteiger partial charge in [0.05, 0.1) is 12.5 Å². The third kappa shape index (κ3) is 9.06. The molecular weight excluding hydrogens is 448 g/mol.